The van der Waals surface area contributed by atoms with Crippen LogP contribution in [0.2, 0.25) is 0 Å². The highest BCUT2D eigenvalue weighted by molar-refractivity contribution is 6.35. The molecular weight excluding hydrogens is 773 g/mol. The van der Waals surface area contributed by atoms with E-state index in [1.54, 1.807) is 0 Å². The monoisotopic (exact) mass is 810 g/mol. The first kappa shape index (κ1) is 36.2. The number of fused-ring (bicyclic) bond motifs is 7. The van der Waals surface area contributed by atoms with Gasteiger partial charge in [-0.1, -0.05) is 224 Å². The molecule has 2 nitrogen and oxygen atoms in total. The zero-order valence-corrected chi connectivity index (χ0v) is 34.8. The molecule has 0 aliphatic heterocycles. The number of hydrogen-bond acceptors (Lipinski definition) is 2. The number of aromatic nitrogens is 2. The molecule has 64 heavy (non-hydrogen) atoms. The Morgan fingerprint density at radius 3 is 1.27 bits per heavy atom. The quantitative estimate of drug-likeness (QED) is 0.128. The first-order valence-electron chi connectivity index (χ1n) is 22.0. The summed E-state index contributed by atoms with van der Waals surface area (Å²) in [6.45, 7) is 0. The number of rotatable bonds is 5. The van der Waals surface area contributed by atoms with Gasteiger partial charge in [-0.2, -0.15) is 0 Å². The highest BCUT2D eigenvalue weighted by Gasteiger charge is 2.21. The molecule has 0 amide bonds. The molecule has 1 aromatic heterocycles. The van der Waals surface area contributed by atoms with Crippen LogP contribution in [0.15, 0.2) is 231 Å². The molecule has 0 saturated heterocycles. The summed E-state index contributed by atoms with van der Waals surface area (Å²) in [4.78, 5) is 10.3. The Morgan fingerprint density at radius 1 is 0.250 bits per heavy atom. The third-order valence-electron chi connectivity index (χ3n) is 13.3. The van der Waals surface area contributed by atoms with Crippen LogP contribution in [-0.4, -0.2) is 9.97 Å². The molecule has 0 radical (unpaired) electrons. The molecule has 0 bridgehead atoms. The van der Waals surface area contributed by atoms with Gasteiger partial charge in [-0.05, 0) is 97.7 Å². The molecule has 0 saturated carbocycles. The largest absolute Gasteiger partial charge is 0.252 e. The Hall–Kier alpha value is -8.46. The highest BCUT2D eigenvalue weighted by Crippen LogP contribution is 2.48. The van der Waals surface area contributed by atoms with Gasteiger partial charge in [0.15, 0.2) is 0 Å². The molecule has 0 atom stereocenters. The number of nitrogens with zero attached hydrogens (tertiary/aromatic N) is 2. The van der Waals surface area contributed by atoms with Crippen molar-refractivity contribution in [3.05, 3.63) is 231 Å². The van der Waals surface area contributed by atoms with Crippen molar-refractivity contribution < 1.29 is 0 Å². The molecule has 2 heteroatoms. The van der Waals surface area contributed by atoms with E-state index in [4.69, 9.17) is 9.97 Å². The van der Waals surface area contributed by atoms with Gasteiger partial charge in [0.2, 0.25) is 0 Å². The second-order valence-electron chi connectivity index (χ2n) is 16.7. The fraction of sp³-hybridized carbons (Fsp3) is 0. The molecule has 0 aliphatic rings. The van der Waals surface area contributed by atoms with Gasteiger partial charge < -0.3 is 0 Å². The summed E-state index contributed by atoms with van der Waals surface area (Å²) in [5.74, 6) is 0. The second kappa shape index (κ2) is 14.6. The average molecular weight is 811 g/mol. The van der Waals surface area contributed by atoms with E-state index < -0.39 is 0 Å². The summed E-state index contributed by atoms with van der Waals surface area (Å²) in [6, 6.07) is 81.6. The van der Waals surface area contributed by atoms with E-state index in [-0.39, 0.29) is 0 Å². The van der Waals surface area contributed by atoms with Gasteiger partial charge in [0.05, 0.1) is 23.3 Å². The van der Waals surface area contributed by atoms with E-state index in [2.05, 4.69) is 200 Å². The summed E-state index contributed by atoms with van der Waals surface area (Å²) in [5.41, 5.74) is 10.6. The Bertz CT molecular complexity index is 3930. The van der Waals surface area contributed by atoms with Crippen LogP contribution in [0.1, 0.15) is 0 Å². The van der Waals surface area contributed by atoms with Crippen molar-refractivity contribution in [2.75, 3.05) is 0 Å². The summed E-state index contributed by atoms with van der Waals surface area (Å²) in [5, 5.41) is 17.6. The zero-order chi connectivity index (χ0) is 42.1. The SMILES string of the molecule is c1ccc(-c2ncc(-c3ccc(-c4c5ccccc5c(-c5cccc6c7cccc8ccc9cccc(c%10ccccc%10c56)c9c87)c5ccccc45)cc3)nc2-c2ccccc2)cc1. The molecule has 0 N–H and O–H groups in total. The molecule has 0 fully saturated rings. The third kappa shape index (κ3) is 5.59. The normalized spacial score (nSPS) is 11.8. The first-order valence-corrected chi connectivity index (χ1v) is 22.0. The van der Waals surface area contributed by atoms with Crippen molar-refractivity contribution in [3.63, 3.8) is 0 Å². The van der Waals surface area contributed by atoms with Crippen LogP contribution in [0.3, 0.4) is 0 Å². The lowest BCUT2D eigenvalue weighted by Gasteiger charge is -2.20. The first-order chi connectivity index (χ1) is 31.8. The maximum atomic E-state index is 5.27. The van der Waals surface area contributed by atoms with Gasteiger partial charge >= 0.3 is 0 Å². The lowest BCUT2D eigenvalue weighted by Crippen LogP contribution is -1.96. The number of benzene rings is 11. The minimum atomic E-state index is 0.838. The van der Waals surface area contributed by atoms with Crippen LogP contribution in [0.5, 0.6) is 0 Å². The van der Waals surface area contributed by atoms with Crippen LogP contribution < -0.4 is 0 Å². The molecule has 296 valence electrons. The van der Waals surface area contributed by atoms with E-state index in [1.165, 1.54) is 92.1 Å². The van der Waals surface area contributed by atoms with Crippen molar-refractivity contribution in [3.8, 4) is 56.0 Å². The fourth-order valence-corrected chi connectivity index (χ4v) is 10.5. The molecule has 0 spiro atoms. The topological polar surface area (TPSA) is 25.8 Å². The summed E-state index contributed by atoms with van der Waals surface area (Å²) in [7, 11) is 0. The Morgan fingerprint density at radius 2 is 0.672 bits per heavy atom. The van der Waals surface area contributed by atoms with Crippen molar-refractivity contribution in [1.29, 1.82) is 0 Å². The van der Waals surface area contributed by atoms with Crippen LogP contribution >= 0.6 is 0 Å². The predicted molar refractivity (Wildman–Crippen MR) is 272 cm³/mol. The van der Waals surface area contributed by atoms with Gasteiger partial charge in [0.1, 0.15) is 0 Å². The second-order valence-corrected chi connectivity index (χ2v) is 16.7. The highest BCUT2D eigenvalue weighted by atomic mass is 14.8. The summed E-state index contributed by atoms with van der Waals surface area (Å²) in [6.07, 6.45) is 1.91. The third-order valence-corrected chi connectivity index (χ3v) is 13.3. The molecule has 13 rings (SSSR count). The lowest BCUT2D eigenvalue weighted by atomic mass is 9.83. The minimum Gasteiger partial charge on any atom is -0.252 e. The van der Waals surface area contributed by atoms with Gasteiger partial charge in [0.25, 0.3) is 0 Å². The van der Waals surface area contributed by atoms with Gasteiger partial charge in [-0.25, -0.2) is 4.98 Å². The average Bonchev–Trinajstić information content (AvgIpc) is 3.37. The summed E-state index contributed by atoms with van der Waals surface area (Å²) >= 11 is 0. The van der Waals surface area contributed by atoms with Crippen LogP contribution in [0, 0.1) is 0 Å². The van der Waals surface area contributed by atoms with E-state index in [0.717, 1.165) is 39.3 Å². The van der Waals surface area contributed by atoms with E-state index >= 15 is 0 Å². The predicted octanol–water partition coefficient (Wildman–Crippen LogP) is 16.9. The van der Waals surface area contributed by atoms with Gasteiger partial charge in [-0.15, -0.1) is 0 Å². The summed E-state index contributed by atoms with van der Waals surface area (Å²) < 4.78 is 0. The molecule has 1 heterocycles. The van der Waals surface area contributed by atoms with Crippen LogP contribution in [-0.2, 0) is 0 Å². The smallest absolute Gasteiger partial charge is 0.0972 e. The molecule has 0 aliphatic carbocycles. The Balaban J connectivity index is 1.05. The maximum Gasteiger partial charge on any atom is 0.0972 e. The van der Waals surface area contributed by atoms with E-state index in [9.17, 15) is 0 Å². The number of hydrogen-bond donors (Lipinski definition) is 0. The van der Waals surface area contributed by atoms with Gasteiger partial charge in [0, 0.05) is 16.7 Å². The van der Waals surface area contributed by atoms with Crippen molar-refractivity contribution >= 4 is 75.4 Å². The molecule has 0 unspecified atom stereocenters. The van der Waals surface area contributed by atoms with Crippen LogP contribution in [0.25, 0.3) is 131 Å². The van der Waals surface area contributed by atoms with Crippen molar-refractivity contribution in [1.82, 2.24) is 9.97 Å². The zero-order valence-electron chi connectivity index (χ0n) is 34.8. The Labute approximate surface area is 370 Å². The van der Waals surface area contributed by atoms with Gasteiger partial charge in [-0.3, -0.25) is 4.98 Å². The van der Waals surface area contributed by atoms with E-state index in [1.807, 2.05) is 30.5 Å². The van der Waals surface area contributed by atoms with Crippen molar-refractivity contribution in [2.24, 2.45) is 0 Å². The molecular formula is C62H38N2. The van der Waals surface area contributed by atoms with Crippen molar-refractivity contribution in [2.45, 2.75) is 0 Å². The molecule has 12 aromatic carbocycles. The minimum absolute atomic E-state index is 0.838. The van der Waals surface area contributed by atoms with Crippen LogP contribution in [0.4, 0.5) is 0 Å². The Kier molecular flexibility index (Phi) is 8.25. The lowest BCUT2D eigenvalue weighted by molar-refractivity contribution is 1.21. The molecule has 13 aromatic rings. The van der Waals surface area contributed by atoms with E-state index in [0.29, 0.717) is 0 Å². The maximum absolute atomic E-state index is 5.27. The standard InChI is InChI=1S/C62H38N2/c1-3-16-43(17-4-1)61-62(44-18-5-2-6-19-44)64-55(38-63-61)39-32-34-42(35-33-39)56-48-24-9-11-26-51(48)60(52-27-12-10-25-49(52)56)54-31-15-30-53-50-29-14-21-41-37-36-40-20-13-28-46(57(40)58(41)50)45-22-7-8-23-47(45)59(53)54/h1-38H. The fourth-order valence-electron chi connectivity index (χ4n) is 10.5.